The van der Waals surface area contributed by atoms with E-state index in [4.69, 9.17) is 5.73 Å². The maximum atomic E-state index is 5.98. The molecule has 2 rings (SSSR count). The maximum Gasteiger partial charge on any atom is 0.0581 e. The smallest absolute Gasteiger partial charge is 0.0581 e. The second kappa shape index (κ2) is 5.13. The molecule has 0 aliphatic carbocycles. The van der Waals surface area contributed by atoms with Crippen molar-refractivity contribution in [2.45, 2.75) is 26.8 Å². The normalized spacial score (nSPS) is 12.2. The van der Waals surface area contributed by atoms with E-state index in [1.165, 1.54) is 16.7 Å². The Morgan fingerprint density at radius 3 is 2.22 bits per heavy atom. The fourth-order valence-electron chi connectivity index (χ4n) is 1.97. The standard InChI is InChI=1S/C16H20N2/c1-11-4-7-14(8-5-11)13(3)18-16-10-12(2)6-9-15(16)17/h4-10,13,18H,17H2,1-3H3/t13-/m0/s1. The molecule has 18 heavy (non-hydrogen) atoms. The van der Waals surface area contributed by atoms with Gasteiger partial charge in [0.1, 0.15) is 0 Å². The van der Waals surface area contributed by atoms with Gasteiger partial charge in [-0.15, -0.1) is 0 Å². The van der Waals surface area contributed by atoms with Gasteiger partial charge in [0.25, 0.3) is 0 Å². The third-order valence-corrected chi connectivity index (χ3v) is 3.16. The van der Waals surface area contributed by atoms with E-state index in [2.05, 4.69) is 56.4 Å². The number of benzene rings is 2. The molecule has 0 radical (unpaired) electrons. The van der Waals surface area contributed by atoms with E-state index in [1.54, 1.807) is 0 Å². The molecule has 94 valence electrons. The predicted octanol–water partition coefficient (Wildman–Crippen LogP) is 4.06. The number of anilines is 2. The van der Waals surface area contributed by atoms with Crippen LogP contribution in [0.4, 0.5) is 11.4 Å². The molecule has 2 aromatic carbocycles. The number of hydrogen-bond donors (Lipinski definition) is 2. The van der Waals surface area contributed by atoms with Crippen LogP contribution in [0.25, 0.3) is 0 Å². The first kappa shape index (κ1) is 12.5. The lowest BCUT2D eigenvalue weighted by Crippen LogP contribution is -2.08. The molecular formula is C16H20N2. The Labute approximate surface area is 109 Å². The summed E-state index contributed by atoms with van der Waals surface area (Å²) in [6.45, 7) is 6.31. The first-order valence-corrected chi connectivity index (χ1v) is 6.25. The van der Waals surface area contributed by atoms with Crippen LogP contribution < -0.4 is 11.1 Å². The minimum absolute atomic E-state index is 0.245. The van der Waals surface area contributed by atoms with Crippen molar-refractivity contribution in [2.75, 3.05) is 11.1 Å². The highest BCUT2D eigenvalue weighted by Gasteiger charge is 2.07. The van der Waals surface area contributed by atoms with Crippen LogP contribution in [0.15, 0.2) is 42.5 Å². The summed E-state index contributed by atoms with van der Waals surface area (Å²) in [7, 11) is 0. The highest BCUT2D eigenvalue weighted by molar-refractivity contribution is 5.67. The lowest BCUT2D eigenvalue weighted by atomic mass is 10.1. The Bertz CT molecular complexity index is 529. The second-order valence-corrected chi connectivity index (χ2v) is 4.87. The van der Waals surface area contributed by atoms with E-state index in [0.717, 1.165) is 11.4 Å². The van der Waals surface area contributed by atoms with Gasteiger partial charge in [0.15, 0.2) is 0 Å². The van der Waals surface area contributed by atoms with Crippen LogP contribution in [0.2, 0.25) is 0 Å². The van der Waals surface area contributed by atoms with E-state index >= 15 is 0 Å². The molecule has 1 atom stereocenters. The first-order valence-electron chi connectivity index (χ1n) is 6.25. The predicted molar refractivity (Wildman–Crippen MR) is 78.8 cm³/mol. The molecule has 0 fully saturated rings. The van der Waals surface area contributed by atoms with Crippen molar-refractivity contribution in [1.29, 1.82) is 0 Å². The zero-order chi connectivity index (χ0) is 13.1. The van der Waals surface area contributed by atoms with E-state index in [9.17, 15) is 0 Å². The van der Waals surface area contributed by atoms with Gasteiger partial charge in [0.2, 0.25) is 0 Å². The summed E-state index contributed by atoms with van der Waals surface area (Å²) in [5.41, 5.74) is 11.5. The molecule has 0 heterocycles. The van der Waals surface area contributed by atoms with Crippen molar-refractivity contribution in [3.05, 3.63) is 59.2 Å². The number of hydrogen-bond acceptors (Lipinski definition) is 2. The molecular weight excluding hydrogens is 220 g/mol. The highest BCUT2D eigenvalue weighted by atomic mass is 14.9. The summed E-state index contributed by atoms with van der Waals surface area (Å²) < 4.78 is 0. The molecule has 0 aliphatic heterocycles. The Kier molecular flexibility index (Phi) is 3.56. The van der Waals surface area contributed by atoms with Gasteiger partial charge < -0.3 is 11.1 Å². The summed E-state index contributed by atoms with van der Waals surface area (Å²) in [6.07, 6.45) is 0. The molecule has 0 aromatic heterocycles. The summed E-state index contributed by atoms with van der Waals surface area (Å²) in [6, 6.07) is 14.9. The first-order chi connectivity index (χ1) is 8.56. The van der Waals surface area contributed by atoms with E-state index in [0.29, 0.717) is 0 Å². The van der Waals surface area contributed by atoms with Crippen molar-refractivity contribution in [1.82, 2.24) is 0 Å². The van der Waals surface area contributed by atoms with Crippen molar-refractivity contribution in [3.8, 4) is 0 Å². The van der Waals surface area contributed by atoms with E-state index < -0.39 is 0 Å². The van der Waals surface area contributed by atoms with Gasteiger partial charge in [-0.05, 0) is 44.0 Å². The van der Waals surface area contributed by atoms with E-state index in [1.807, 2.05) is 12.1 Å². The van der Waals surface area contributed by atoms with Crippen LogP contribution in [0.5, 0.6) is 0 Å². The third-order valence-electron chi connectivity index (χ3n) is 3.16. The molecule has 2 heteroatoms. The molecule has 0 aliphatic rings. The van der Waals surface area contributed by atoms with Crippen LogP contribution in [0.1, 0.15) is 29.7 Å². The van der Waals surface area contributed by atoms with Gasteiger partial charge in [-0.25, -0.2) is 0 Å². The average molecular weight is 240 g/mol. The number of aryl methyl sites for hydroxylation is 2. The monoisotopic (exact) mass is 240 g/mol. The van der Waals surface area contributed by atoms with Gasteiger partial charge in [-0.3, -0.25) is 0 Å². The summed E-state index contributed by atoms with van der Waals surface area (Å²) in [4.78, 5) is 0. The Morgan fingerprint density at radius 2 is 1.56 bits per heavy atom. The number of nitrogens with one attached hydrogen (secondary N) is 1. The second-order valence-electron chi connectivity index (χ2n) is 4.87. The van der Waals surface area contributed by atoms with Gasteiger partial charge in [0, 0.05) is 6.04 Å². The van der Waals surface area contributed by atoms with Gasteiger partial charge >= 0.3 is 0 Å². The summed E-state index contributed by atoms with van der Waals surface area (Å²) in [5.74, 6) is 0. The lowest BCUT2D eigenvalue weighted by molar-refractivity contribution is 0.884. The van der Waals surface area contributed by atoms with Crippen molar-refractivity contribution >= 4 is 11.4 Å². The van der Waals surface area contributed by atoms with Crippen molar-refractivity contribution in [3.63, 3.8) is 0 Å². The number of rotatable bonds is 3. The minimum atomic E-state index is 0.245. The Morgan fingerprint density at radius 1 is 0.944 bits per heavy atom. The van der Waals surface area contributed by atoms with Gasteiger partial charge in [-0.1, -0.05) is 35.9 Å². The third kappa shape index (κ3) is 2.83. The van der Waals surface area contributed by atoms with Crippen LogP contribution in [-0.4, -0.2) is 0 Å². The minimum Gasteiger partial charge on any atom is -0.397 e. The largest absolute Gasteiger partial charge is 0.397 e. The molecule has 2 nitrogen and oxygen atoms in total. The Balaban J connectivity index is 2.18. The molecule has 0 bridgehead atoms. The number of nitrogen functional groups attached to an aromatic ring is 1. The maximum absolute atomic E-state index is 5.98. The van der Waals surface area contributed by atoms with Gasteiger partial charge in [0.05, 0.1) is 11.4 Å². The molecule has 2 aromatic rings. The van der Waals surface area contributed by atoms with Crippen molar-refractivity contribution in [2.24, 2.45) is 0 Å². The van der Waals surface area contributed by atoms with Crippen molar-refractivity contribution < 1.29 is 0 Å². The molecule has 0 spiro atoms. The fraction of sp³-hybridized carbons (Fsp3) is 0.250. The summed E-state index contributed by atoms with van der Waals surface area (Å²) in [5, 5.41) is 3.46. The Hall–Kier alpha value is -1.96. The van der Waals surface area contributed by atoms with Crippen LogP contribution in [-0.2, 0) is 0 Å². The molecule has 3 N–H and O–H groups in total. The molecule has 0 saturated carbocycles. The fourth-order valence-corrected chi connectivity index (χ4v) is 1.97. The van der Waals surface area contributed by atoms with Crippen LogP contribution >= 0.6 is 0 Å². The highest BCUT2D eigenvalue weighted by Crippen LogP contribution is 2.25. The number of nitrogens with two attached hydrogens (primary N) is 1. The zero-order valence-electron chi connectivity index (χ0n) is 11.2. The molecule has 0 saturated heterocycles. The zero-order valence-corrected chi connectivity index (χ0v) is 11.2. The quantitative estimate of drug-likeness (QED) is 0.794. The topological polar surface area (TPSA) is 38.0 Å². The molecule has 0 unspecified atom stereocenters. The SMILES string of the molecule is Cc1ccc([C@H](C)Nc2cc(C)ccc2N)cc1. The van der Waals surface area contributed by atoms with Gasteiger partial charge in [-0.2, -0.15) is 0 Å². The van der Waals surface area contributed by atoms with Crippen LogP contribution in [0, 0.1) is 13.8 Å². The summed E-state index contributed by atoms with van der Waals surface area (Å²) >= 11 is 0. The lowest BCUT2D eigenvalue weighted by Gasteiger charge is -2.18. The molecule has 0 amide bonds. The van der Waals surface area contributed by atoms with E-state index in [-0.39, 0.29) is 6.04 Å². The average Bonchev–Trinajstić information content (AvgIpc) is 2.34. The van der Waals surface area contributed by atoms with Crippen LogP contribution in [0.3, 0.4) is 0 Å².